The van der Waals surface area contributed by atoms with E-state index in [9.17, 15) is 0 Å². The molecule has 0 amide bonds. The minimum atomic E-state index is 0.618. The van der Waals surface area contributed by atoms with Gasteiger partial charge in [-0.3, -0.25) is 0 Å². The molecule has 0 saturated carbocycles. The monoisotopic (exact) mass is 290 g/mol. The van der Waals surface area contributed by atoms with E-state index < -0.39 is 0 Å². The molecule has 4 heteroatoms. The molecule has 0 unspecified atom stereocenters. The van der Waals surface area contributed by atoms with Crippen LogP contribution in [-0.2, 0) is 6.54 Å². The summed E-state index contributed by atoms with van der Waals surface area (Å²) in [7, 11) is 1.86. The molecule has 3 rings (SSSR count). The van der Waals surface area contributed by atoms with Crippen molar-refractivity contribution in [1.29, 1.82) is 0 Å². The molecule has 3 aromatic rings. The lowest BCUT2D eigenvalue weighted by molar-refractivity contribution is 1.07. The fourth-order valence-corrected chi connectivity index (χ4v) is 2.32. The lowest BCUT2D eigenvalue weighted by Crippen LogP contribution is -2.06. The fraction of sp³-hybridized carbons (Fsp3) is 0.111. The summed E-state index contributed by atoms with van der Waals surface area (Å²) in [6.07, 6.45) is 1.82. The second-order valence-corrected chi connectivity index (χ2v) is 4.97. The van der Waals surface area contributed by atoms with Crippen LogP contribution in [0.1, 0.15) is 11.1 Å². The zero-order chi connectivity index (χ0) is 15.4. The zero-order valence-electron chi connectivity index (χ0n) is 12.5. The number of rotatable bonds is 5. The minimum absolute atomic E-state index is 0.618. The van der Waals surface area contributed by atoms with Gasteiger partial charge < -0.3 is 10.6 Å². The Labute approximate surface area is 129 Å². The molecule has 0 aliphatic rings. The SMILES string of the molecule is C=Cc1ccc2nc(NCc3ccccc3)nc(NC)c2c1. The Hall–Kier alpha value is -2.88. The molecular formula is C18H18N4. The van der Waals surface area contributed by atoms with Gasteiger partial charge in [-0.2, -0.15) is 4.98 Å². The molecule has 0 saturated heterocycles. The molecule has 110 valence electrons. The molecule has 0 bridgehead atoms. The summed E-state index contributed by atoms with van der Waals surface area (Å²) >= 11 is 0. The Morgan fingerprint density at radius 1 is 1.09 bits per heavy atom. The number of nitrogens with one attached hydrogen (secondary N) is 2. The fourth-order valence-electron chi connectivity index (χ4n) is 2.32. The maximum atomic E-state index is 4.58. The summed E-state index contributed by atoms with van der Waals surface area (Å²) in [4.78, 5) is 9.12. The Balaban J connectivity index is 1.92. The van der Waals surface area contributed by atoms with Gasteiger partial charge in [0.05, 0.1) is 5.52 Å². The van der Waals surface area contributed by atoms with Crippen molar-refractivity contribution in [3.8, 4) is 0 Å². The van der Waals surface area contributed by atoms with E-state index in [1.54, 1.807) is 0 Å². The van der Waals surface area contributed by atoms with Gasteiger partial charge >= 0.3 is 0 Å². The van der Waals surface area contributed by atoms with Crippen LogP contribution in [-0.4, -0.2) is 17.0 Å². The summed E-state index contributed by atoms with van der Waals surface area (Å²) in [5, 5.41) is 7.40. The predicted molar refractivity (Wildman–Crippen MR) is 92.9 cm³/mol. The minimum Gasteiger partial charge on any atom is -0.372 e. The molecule has 4 nitrogen and oxygen atoms in total. The van der Waals surface area contributed by atoms with E-state index in [1.165, 1.54) is 5.56 Å². The Kier molecular flexibility index (Phi) is 4.01. The van der Waals surface area contributed by atoms with Gasteiger partial charge in [-0.1, -0.05) is 49.1 Å². The average Bonchev–Trinajstić information content (AvgIpc) is 2.59. The third-order valence-corrected chi connectivity index (χ3v) is 3.49. The van der Waals surface area contributed by atoms with Crippen molar-refractivity contribution in [2.24, 2.45) is 0 Å². The van der Waals surface area contributed by atoms with Gasteiger partial charge in [0.15, 0.2) is 0 Å². The third-order valence-electron chi connectivity index (χ3n) is 3.49. The number of benzene rings is 2. The molecular weight excluding hydrogens is 272 g/mol. The van der Waals surface area contributed by atoms with Crippen molar-refractivity contribution >= 4 is 28.7 Å². The third kappa shape index (κ3) is 2.91. The summed E-state index contributed by atoms with van der Waals surface area (Å²) in [6.45, 7) is 4.49. The Bertz CT molecular complexity index is 797. The van der Waals surface area contributed by atoms with Crippen LogP contribution in [0, 0.1) is 0 Å². The summed E-state index contributed by atoms with van der Waals surface area (Å²) < 4.78 is 0. The normalized spacial score (nSPS) is 10.4. The van der Waals surface area contributed by atoms with Crippen LogP contribution in [0.15, 0.2) is 55.1 Å². The lowest BCUT2D eigenvalue weighted by Gasteiger charge is -2.10. The number of anilines is 2. The van der Waals surface area contributed by atoms with Crippen LogP contribution < -0.4 is 10.6 Å². The maximum absolute atomic E-state index is 4.58. The van der Waals surface area contributed by atoms with Gasteiger partial charge in [0, 0.05) is 19.0 Å². The van der Waals surface area contributed by atoms with Crippen molar-refractivity contribution in [3.05, 3.63) is 66.2 Å². The van der Waals surface area contributed by atoms with E-state index in [1.807, 2.05) is 49.5 Å². The Morgan fingerprint density at radius 2 is 1.91 bits per heavy atom. The van der Waals surface area contributed by atoms with E-state index in [-0.39, 0.29) is 0 Å². The van der Waals surface area contributed by atoms with Gasteiger partial charge in [0.2, 0.25) is 5.95 Å². The van der Waals surface area contributed by atoms with Crippen LogP contribution >= 0.6 is 0 Å². The van der Waals surface area contributed by atoms with E-state index in [2.05, 4.69) is 39.3 Å². The smallest absolute Gasteiger partial charge is 0.225 e. The van der Waals surface area contributed by atoms with Crippen LogP contribution in [0.25, 0.3) is 17.0 Å². The van der Waals surface area contributed by atoms with E-state index in [0.717, 1.165) is 22.3 Å². The first-order chi connectivity index (χ1) is 10.8. The highest BCUT2D eigenvalue weighted by Crippen LogP contribution is 2.23. The van der Waals surface area contributed by atoms with E-state index in [0.29, 0.717) is 12.5 Å². The van der Waals surface area contributed by atoms with Crippen molar-refractivity contribution in [2.45, 2.75) is 6.54 Å². The van der Waals surface area contributed by atoms with E-state index >= 15 is 0 Å². The van der Waals surface area contributed by atoms with Gasteiger partial charge in [0.1, 0.15) is 5.82 Å². The van der Waals surface area contributed by atoms with E-state index in [4.69, 9.17) is 0 Å². The largest absolute Gasteiger partial charge is 0.372 e. The molecule has 0 aliphatic carbocycles. The second-order valence-electron chi connectivity index (χ2n) is 4.97. The number of aromatic nitrogens is 2. The molecule has 0 atom stereocenters. The van der Waals surface area contributed by atoms with Crippen LogP contribution in [0.5, 0.6) is 0 Å². The molecule has 1 aromatic heterocycles. The maximum Gasteiger partial charge on any atom is 0.225 e. The van der Waals surface area contributed by atoms with Crippen molar-refractivity contribution in [3.63, 3.8) is 0 Å². The highest BCUT2D eigenvalue weighted by Gasteiger charge is 2.07. The first-order valence-corrected chi connectivity index (χ1v) is 7.20. The number of hydrogen-bond donors (Lipinski definition) is 2. The average molecular weight is 290 g/mol. The number of nitrogens with zero attached hydrogens (tertiary/aromatic N) is 2. The summed E-state index contributed by atoms with van der Waals surface area (Å²) in [5.41, 5.74) is 3.15. The molecule has 0 aliphatic heterocycles. The van der Waals surface area contributed by atoms with Gasteiger partial charge in [-0.25, -0.2) is 4.98 Å². The molecule has 0 fully saturated rings. The molecule has 2 N–H and O–H groups in total. The van der Waals surface area contributed by atoms with Crippen LogP contribution in [0.2, 0.25) is 0 Å². The molecule has 22 heavy (non-hydrogen) atoms. The second kappa shape index (κ2) is 6.26. The summed E-state index contributed by atoms with van der Waals surface area (Å²) in [6, 6.07) is 16.2. The Morgan fingerprint density at radius 3 is 2.64 bits per heavy atom. The molecule has 1 heterocycles. The van der Waals surface area contributed by atoms with Crippen molar-refractivity contribution in [1.82, 2.24) is 9.97 Å². The molecule has 0 radical (unpaired) electrons. The van der Waals surface area contributed by atoms with Crippen molar-refractivity contribution < 1.29 is 0 Å². The van der Waals surface area contributed by atoms with Crippen LogP contribution in [0.4, 0.5) is 11.8 Å². The first-order valence-electron chi connectivity index (χ1n) is 7.20. The van der Waals surface area contributed by atoms with Crippen LogP contribution in [0.3, 0.4) is 0 Å². The topological polar surface area (TPSA) is 49.8 Å². The van der Waals surface area contributed by atoms with Gasteiger partial charge in [0.25, 0.3) is 0 Å². The zero-order valence-corrected chi connectivity index (χ0v) is 12.5. The first kappa shape index (κ1) is 14.1. The molecule has 0 spiro atoms. The predicted octanol–water partition coefficient (Wildman–Crippen LogP) is 3.93. The quantitative estimate of drug-likeness (QED) is 0.747. The number of hydrogen-bond acceptors (Lipinski definition) is 4. The summed E-state index contributed by atoms with van der Waals surface area (Å²) in [5.74, 6) is 1.43. The number of fused-ring (bicyclic) bond motifs is 1. The standard InChI is InChI=1S/C18H18N4/c1-3-13-9-10-16-15(11-13)17(19-2)22-18(21-16)20-12-14-7-5-4-6-8-14/h3-11H,1,12H2,2H3,(H2,19,20,21,22). The highest BCUT2D eigenvalue weighted by atomic mass is 15.1. The van der Waals surface area contributed by atoms with Gasteiger partial charge in [-0.05, 0) is 23.3 Å². The van der Waals surface area contributed by atoms with Gasteiger partial charge in [-0.15, -0.1) is 0 Å². The van der Waals surface area contributed by atoms with Crippen molar-refractivity contribution in [2.75, 3.05) is 17.7 Å². The molecule has 2 aromatic carbocycles. The highest BCUT2D eigenvalue weighted by molar-refractivity contribution is 5.91. The lowest BCUT2D eigenvalue weighted by atomic mass is 10.1.